The fourth-order valence-electron chi connectivity index (χ4n) is 3.24. The number of rotatable bonds is 6. The molecular formula is C15H29N3O. The number of likely N-dealkylation sites (tertiary alicyclic amines) is 1. The topological polar surface area (TPSA) is 44.4 Å². The van der Waals surface area contributed by atoms with E-state index in [1.165, 1.54) is 38.5 Å². The van der Waals surface area contributed by atoms with Crippen LogP contribution in [0.1, 0.15) is 45.4 Å². The summed E-state index contributed by atoms with van der Waals surface area (Å²) in [6.07, 6.45) is 8.01. The van der Waals surface area contributed by atoms with Crippen LogP contribution in [0.25, 0.3) is 0 Å². The van der Waals surface area contributed by atoms with Crippen LogP contribution in [0.3, 0.4) is 0 Å². The van der Waals surface area contributed by atoms with Gasteiger partial charge in [-0.05, 0) is 32.1 Å². The average Bonchev–Trinajstić information content (AvgIpc) is 2.36. The van der Waals surface area contributed by atoms with E-state index in [4.69, 9.17) is 0 Å². The smallest absolute Gasteiger partial charge is 0.233 e. The van der Waals surface area contributed by atoms with Gasteiger partial charge < -0.3 is 10.6 Å². The van der Waals surface area contributed by atoms with E-state index in [1.54, 1.807) is 7.05 Å². The normalized spacial score (nSPS) is 23.9. The van der Waals surface area contributed by atoms with Crippen molar-refractivity contribution in [2.75, 3.05) is 26.7 Å². The summed E-state index contributed by atoms with van der Waals surface area (Å²) in [4.78, 5) is 13.6. The maximum atomic E-state index is 11.3. The fraction of sp³-hybridized carbons (Fsp3) is 0.933. The van der Waals surface area contributed by atoms with E-state index in [1.807, 2.05) is 0 Å². The number of likely N-dealkylation sites (N-methyl/N-ethyl adjacent to an activating group) is 1. The van der Waals surface area contributed by atoms with Crippen LogP contribution < -0.4 is 10.6 Å². The van der Waals surface area contributed by atoms with Gasteiger partial charge in [-0.25, -0.2) is 0 Å². The number of carbonyl (C=O) groups is 1. The summed E-state index contributed by atoms with van der Waals surface area (Å²) in [6.45, 7) is 4.97. The van der Waals surface area contributed by atoms with Gasteiger partial charge in [0.15, 0.2) is 0 Å². The summed E-state index contributed by atoms with van der Waals surface area (Å²) in [5.74, 6) is 1.11. The molecule has 1 unspecified atom stereocenters. The molecule has 0 aromatic carbocycles. The summed E-state index contributed by atoms with van der Waals surface area (Å²) < 4.78 is 0. The van der Waals surface area contributed by atoms with E-state index in [2.05, 4.69) is 22.5 Å². The molecule has 1 saturated heterocycles. The van der Waals surface area contributed by atoms with Crippen LogP contribution in [0.5, 0.6) is 0 Å². The highest BCUT2D eigenvalue weighted by Crippen LogP contribution is 2.30. The van der Waals surface area contributed by atoms with Gasteiger partial charge in [0.05, 0.1) is 6.54 Å². The largest absolute Gasteiger partial charge is 0.358 e. The first kappa shape index (κ1) is 14.8. The molecule has 4 nitrogen and oxygen atoms in total. The number of carbonyl (C=O) groups excluding carboxylic acids is 1. The van der Waals surface area contributed by atoms with E-state index in [-0.39, 0.29) is 5.91 Å². The third-order valence-electron chi connectivity index (χ3n) is 4.67. The Morgan fingerprint density at radius 3 is 2.47 bits per heavy atom. The van der Waals surface area contributed by atoms with Crippen molar-refractivity contribution in [3.05, 3.63) is 0 Å². The fourth-order valence-corrected chi connectivity index (χ4v) is 3.24. The molecule has 1 heterocycles. The Balaban J connectivity index is 1.61. The Labute approximate surface area is 117 Å². The lowest BCUT2D eigenvalue weighted by Crippen LogP contribution is -2.48. The van der Waals surface area contributed by atoms with E-state index in [0.29, 0.717) is 18.6 Å². The molecule has 2 aliphatic rings. The SMILES string of the molecule is CNC(=O)CN1CCC(NC(C)CC2CCC2)CC1. The summed E-state index contributed by atoms with van der Waals surface area (Å²) in [5.41, 5.74) is 0. The first-order chi connectivity index (χ1) is 9.17. The molecule has 0 radical (unpaired) electrons. The van der Waals surface area contributed by atoms with Crippen molar-refractivity contribution in [2.24, 2.45) is 5.92 Å². The Bertz CT molecular complexity index is 283. The van der Waals surface area contributed by atoms with E-state index in [9.17, 15) is 4.79 Å². The average molecular weight is 267 g/mol. The van der Waals surface area contributed by atoms with Gasteiger partial charge in [-0.3, -0.25) is 9.69 Å². The van der Waals surface area contributed by atoms with Gasteiger partial charge in [-0.2, -0.15) is 0 Å². The van der Waals surface area contributed by atoms with Gasteiger partial charge in [0, 0.05) is 32.2 Å². The van der Waals surface area contributed by atoms with Crippen LogP contribution in [0, 0.1) is 5.92 Å². The highest BCUT2D eigenvalue weighted by molar-refractivity contribution is 5.77. The van der Waals surface area contributed by atoms with E-state index >= 15 is 0 Å². The number of nitrogens with one attached hydrogen (secondary N) is 2. The highest BCUT2D eigenvalue weighted by Gasteiger charge is 2.24. The van der Waals surface area contributed by atoms with Gasteiger partial charge in [0.25, 0.3) is 0 Å². The zero-order valence-electron chi connectivity index (χ0n) is 12.5. The van der Waals surface area contributed by atoms with Crippen molar-refractivity contribution in [1.82, 2.24) is 15.5 Å². The number of nitrogens with zero attached hydrogens (tertiary/aromatic N) is 1. The third kappa shape index (κ3) is 4.77. The molecule has 0 aromatic rings. The van der Waals surface area contributed by atoms with Crippen LogP contribution in [-0.4, -0.2) is 49.6 Å². The molecule has 0 bridgehead atoms. The first-order valence-corrected chi connectivity index (χ1v) is 7.86. The lowest BCUT2D eigenvalue weighted by molar-refractivity contribution is -0.122. The van der Waals surface area contributed by atoms with Crippen molar-refractivity contribution in [2.45, 2.75) is 57.5 Å². The standard InChI is InChI=1S/C15H29N3O/c1-12(10-13-4-3-5-13)17-14-6-8-18(9-7-14)11-15(19)16-2/h12-14,17H,3-11H2,1-2H3,(H,16,19). The second-order valence-corrected chi connectivity index (χ2v) is 6.32. The number of piperidine rings is 1. The van der Waals surface area contributed by atoms with Crippen LogP contribution in [0.4, 0.5) is 0 Å². The molecule has 19 heavy (non-hydrogen) atoms. The summed E-state index contributed by atoms with van der Waals surface area (Å²) in [7, 11) is 1.71. The number of hydrogen-bond acceptors (Lipinski definition) is 3. The molecule has 0 spiro atoms. The van der Waals surface area contributed by atoms with Gasteiger partial charge in [0.1, 0.15) is 0 Å². The van der Waals surface area contributed by atoms with Gasteiger partial charge in [-0.1, -0.05) is 19.3 Å². The van der Waals surface area contributed by atoms with Crippen molar-refractivity contribution in [1.29, 1.82) is 0 Å². The molecule has 2 N–H and O–H groups in total. The molecule has 110 valence electrons. The second-order valence-electron chi connectivity index (χ2n) is 6.32. The maximum absolute atomic E-state index is 11.3. The van der Waals surface area contributed by atoms with Crippen molar-refractivity contribution in [3.8, 4) is 0 Å². The van der Waals surface area contributed by atoms with Crippen molar-refractivity contribution < 1.29 is 4.79 Å². The van der Waals surface area contributed by atoms with Gasteiger partial charge >= 0.3 is 0 Å². The Kier molecular flexibility index (Phi) is 5.64. The molecule has 4 heteroatoms. The van der Waals surface area contributed by atoms with Crippen LogP contribution in [-0.2, 0) is 4.79 Å². The van der Waals surface area contributed by atoms with E-state index < -0.39 is 0 Å². The molecule has 2 rings (SSSR count). The zero-order chi connectivity index (χ0) is 13.7. The van der Waals surface area contributed by atoms with Crippen LogP contribution >= 0.6 is 0 Å². The number of amides is 1. The summed E-state index contributed by atoms with van der Waals surface area (Å²) >= 11 is 0. The van der Waals surface area contributed by atoms with E-state index in [0.717, 1.165) is 19.0 Å². The third-order valence-corrected chi connectivity index (χ3v) is 4.67. The highest BCUT2D eigenvalue weighted by atomic mass is 16.1. The Morgan fingerprint density at radius 2 is 1.95 bits per heavy atom. The quantitative estimate of drug-likeness (QED) is 0.764. The van der Waals surface area contributed by atoms with Crippen molar-refractivity contribution >= 4 is 5.91 Å². The molecule has 1 saturated carbocycles. The maximum Gasteiger partial charge on any atom is 0.233 e. The lowest BCUT2D eigenvalue weighted by atomic mass is 9.81. The molecule has 1 atom stereocenters. The monoisotopic (exact) mass is 267 g/mol. The number of hydrogen-bond donors (Lipinski definition) is 2. The minimum absolute atomic E-state index is 0.129. The first-order valence-electron chi connectivity index (χ1n) is 7.86. The minimum atomic E-state index is 0.129. The summed E-state index contributed by atoms with van der Waals surface area (Å²) in [5, 5.41) is 6.47. The van der Waals surface area contributed by atoms with Crippen LogP contribution in [0.15, 0.2) is 0 Å². The molecule has 0 aromatic heterocycles. The minimum Gasteiger partial charge on any atom is -0.358 e. The van der Waals surface area contributed by atoms with Crippen molar-refractivity contribution in [3.63, 3.8) is 0 Å². The zero-order valence-corrected chi connectivity index (χ0v) is 12.5. The predicted octanol–water partition coefficient (Wildman–Crippen LogP) is 1.37. The Hall–Kier alpha value is -0.610. The molecule has 1 amide bonds. The van der Waals surface area contributed by atoms with Crippen LogP contribution in [0.2, 0.25) is 0 Å². The molecular weight excluding hydrogens is 238 g/mol. The lowest BCUT2D eigenvalue weighted by Gasteiger charge is -2.35. The molecule has 2 fully saturated rings. The molecule has 1 aliphatic carbocycles. The second kappa shape index (κ2) is 7.25. The Morgan fingerprint density at radius 1 is 1.26 bits per heavy atom. The predicted molar refractivity (Wildman–Crippen MR) is 78.1 cm³/mol. The summed E-state index contributed by atoms with van der Waals surface area (Å²) in [6, 6.07) is 1.30. The van der Waals surface area contributed by atoms with Gasteiger partial charge in [-0.15, -0.1) is 0 Å². The molecule has 1 aliphatic heterocycles. The van der Waals surface area contributed by atoms with Gasteiger partial charge in [0.2, 0.25) is 5.91 Å².